The topological polar surface area (TPSA) is 103 Å². The zero-order chi connectivity index (χ0) is 19.7. The summed E-state index contributed by atoms with van der Waals surface area (Å²) in [4.78, 5) is 5.02. The fraction of sp³-hybridized carbons (Fsp3) is 0.524. The first-order valence-corrected chi connectivity index (χ1v) is 10.3. The number of fused-ring (bicyclic) bond motifs is 1. The monoisotopic (exact) mass is 384 g/mol. The van der Waals surface area contributed by atoms with Crippen LogP contribution < -0.4 is 22.1 Å². The van der Waals surface area contributed by atoms with E-state index in [0.29, 0.717) is 35.2 Å². The Morgan fingerprint density at radius 3 is 2.86 bits per heavy atom. The second-order valence-corrected chi connectivity index (χ2v) is 8.17. The zero-order valence-corrected chi connectivity index (χ0v) is 16.6. The Labute approximate surface area is 167 Å². The van der Waals surface area contributed by atoms with Crippen LogP contribution in [0.3, 0.4) is 0 Å². The number of nitrogens with zero attached hydrogens (tertiary/aromatic N) is 2. The van der Waals surface area contributed by atoms with E-state index in [9.17, 15) is 5.11 Å². The van der Waals surface area contributed by atoms with Crippen molar-refractivity contribution in [3.8, 4) is 5.75 Å². The molecule has 3 unspecified atom stereocenters. The lowest BCUT2D eigenvalue weighted by atomic mass is 9.96. The molecule has 0 saturated carbocycles. The van der Waals surface area contributed by atoms with Crippen molar-refractivity contribution < 1.29 is 5.11 Å². The molecule has 4 rings (SSSR count). The number of hydrogen-bond donors (Lipinski definition) is 5. The minimum absolute atomic E-state index is 0.181. The summed E-state index contributed by atoms with van der Waals surface area (Å²) in [5.41, 5.74) is 14.7. The van der Waals surface area contributed by atoms with E-state index < -0.39 is 0 Å². The van der Waals surface area contributed by atoms with Crippen LogP contribution >= 0.6 is 0 Å². The molecular formula is C21H32N6O. The Kier molecular flexibility index (Phi) is 5.37. The number of piperazine rings is 1. The highest BCUT2D eigenvalue weighted by Gasteiger charge is 2.35. The van der Waals surface area contributed by atoms with E-state index in [0.717, 1.165) is 38.4 Å². The maximum atomic E-state index is 10.1. The normalized spacial score (nSPS) is 29.4. The van der Waals surface area contributed by atoms with Crippen molar-refractivity contribution in [3.05, 3.63) is 47.4 Å². The molecule has 3 atom stereocenters. The van der Waals surface area contributed by atoms with Crippen LogP contribution in [0.2, 0.25) is 0 Å². The molecule has 3 aliphatic rings. The smallest absolute Gasteiger partial charge is 0.124 e. The van der Waals surface area contributed by atoms with Crippen molar-refractivity contribution in [1.29, 1.82) is 0 Å². The largest absolute Gasteiger partial charge is 0.507 e. The standard InChI is InChI=1S/C21H32N6O/c1-14-10-15(6-7-24-14)26-8-9-27-16(13-26)12-25-21(23)19(27)11-18(22)17-4-2-3-5-20(17)28/h2-5,11,14-16,24-25,28H,6-10,12-13,22-23H2,1H3/b18-11-. The molecule has 0 radical (unpaired) electrons. The first-order chi connectivity index (χ1) is 13.5. The molecule has 0 amide bonds. The minimum atomic E-state index is 0.181. The van der Waals surface area contributed by atoms with E-state index in [1.54, 1.807) is 12.1 Å². The Morgan fingerprint density at radius 1 is 1.25 bits per heavy atom. The van der Waals surface area contributed by atoms with Crippen molar-refractivity contribution in [2.24, 2.45) is 11.5 Å². The summed E-state index contributed by atoms with van der Waals surface area (Å²) in [6, 6.07) is 8.75. The quantitative estimate of drug-likeness (QED) is 0.519. The van der Waals surface area contributed by atoms with E-state index >= 15 is 0 Å². The second kappa shape index (κ2) is 7.93. The predicted molar refractivity (Wildman–Crippen MR) is 112 cm³/mol. The van der Waals surface area contributed by atoms with Gasteiger partial charge in [0.05, 0.1) is 11.7 Å². The Morgan fingerprint density at radius 2 is 2.07 bits per heavy atom. The summed E-state index contributed by atoms with van der Waals surface area (Å²) in [7, 11) is 0. The van der Waals surface area contributed by atoms with E-state index in [-0.39, 0.29) is 5.75 Å². The number of nitrogens with one attached hydrogen (secondary N) is 2. The number of benzene rings is 1. The average Bonchev–Trinajstić information content (AvgIpc) is 2.70. The van der Waals surface area contributed by atoms with Gasteiger partial charge in [-0.15, -0.1) is 0 Å². The van der Waals surface area contributed by atoms with E-state index in [1.807, 2.05) is 18.2 Å². The molecule has 152 valence electrons. The van der Waals surface area contributed by atoms with E-state index in [2.05, 4.69) is 27.4 Å². The van der Waals surface area contributed by atoms with Crippen molar-refractivity contribution >= 4 is 5.70 Å². The number of allylic oxidation sites excluding steroid dienone is 1. The number of hydrogen-bond acceptors (Lipinski definition) is 7. The summed E-state index contributed by atoms with van der Waals surface area (Å²) in [5, 5.41) is 17.0. The van der Waals surface area contributed by atoms with Gasteiger partial charge in [-0.25, -0.2) is 0 Å². The average molecular weight is 385 g/mol. The molecule has 3 aliphatic heterocycles. The molecule has 28 heavy (non-hydrogen) atoms. The summed E-state index contributed by atoms with van der Waals surface area (Å²) in [5.74, 6) is 0.833. The van der Waals surface area contributed by atoms with Gasteiger partial charge in [0.1, 0.15) is 11.6 Å². The van der Waals surface area contributed by atoms with Gasteiger partial charge in [0.2, 0.25) is 0 Å². The van der Waals surface area contributed by atoms with Gasteiger partial charge in [-0.2, -0.15) is 0 Å². The van der Waals surface area contributed by atoms with Gasteiger partial charge >= 0.3 is 0 Å². The highest BCUT2D eigenvalue weighted by molar-refractivity contribution is 5.70. The molecule has 7 heteroatoms. The van der Waals surface area contributed by atoms with Crippen LogP contribution in [0.1, 0.15) is 25.3 Å². The number of nitrogens with two attached hydrogens (primary N) is 2. The van der Waals surface area contributed by atoms with Crippen LogP contribution in [0, 0.1) is 0 Å². The molecule has 0 spiro atoms. The first kappa shape index (κ1) is 19.0. The van der Waals surface area contributed by atoms with Crippen molar-refractivity contribution in [3.63, 3.8) is 0 Å². The van der Waals surface area contributed by atoms with Gasteiger partial charge in [-0.1, -0.05) is 12.1 Å². The lowest BCUT2D eigenvalue weighted by molar-refractivity contribution is 0.0487. The van der Waals surface area contributed by atoms with E-state index in [4.69, 9.17) is 11.5 Å². The first-order valence-electron chi connectivity index (χ1n) is 10.3. The second-order valence-electron chi connectivity index (χ2n) is 8.17. The lowest BCUT2D eigenvalue weighted by Gasteiger charge is -2.49. The molecule has 1 aromatic rings. The van der Waals surface area contributed by atoms with Crippen molar-refractivity contribution in [2.75, 3.05) is 32.7 Å². The van der Waals surface area contributed by atoms with Gasteiger partial charge in [-0.05, 0) is 44.5 Å². The number of rotatable bonds is 3. The maximum Gasteiger partial charge on any atom is 0.124 e. The molecule has 7 N–H and O–H groups in total. The Hall–Kier alpha value is -2.38. The molecular weight excluding hydrogens is 352 g/mol. The number of aromatic hydroxyl groups is 1. The molecule has 0 bridgehead atoms. The van der Waals surface area contributed by atoms with Crippen LogP contribution in [0.25, 0.3) is 5.70 Å². The predicted octanol–water partition coefficient (Wildman–Crippen LogP) is 0.550. The fourth-order valence-electron chi connectivity index (χ4n) is 4.72. The van der Waals surface area contributed by atoms with Gasteiger partial charge in [0.25, 0.3) is 0 Å². The minimum Gasteiger partial charge on any atom is -0.507 e. The fourth-order valence-corrected chi connectivity index (χ4v) is 4.72. The van der Waals surface area contributed by atoms with E-state index in [1.165, 1.54) is 12.8 Å². The van der Waals surface area contributed by atoms with Gasteiger partial charge in [0, 0.05) is 49.5 Å². The SMILES string of the molecule is CC1CC(N2CCN3C(/C=C(\N)c4ccccc4O)=C(N)NCC3C2)CCN1. The Bertz CT molecular complexity index is 776. The molecule has 1 aromatic carbocycles. The number of piperidine rings is 1. The highest BCUT2D eigenvalue weighted by atomic mass is 16.3. The summed E-state index contributed by atoms with van der Waals surface area (Å²) < 4.78 is 0. The van der Waals surface area contributed by atoms with Gasteiger partial charge in [0.15, 0.2) is 0 Å². The van der Waals surface area contributed by atoms with Crippen LogP contribution in [-0.4, -0.2) is 65.8 Å². The highest BCUT2D eigenvalue weighted by Crippen LogP contribution is 2.28. The maximum absolute atomic E-state index is 10.1. The van der Waals surface area contributed by atoms with Crippen LogP contribution in [0.4, 0.5) is 0 Å². The molecule has 2 saturated heterocycles. The zero-order valence-electron chi connectivity index (χ0n) is 16.6. The summed E-state index contributed by atoms with van der Waals surface area (Å²) in [6.45, 7) is 7.23. The molecule has 0 aromatic heterocycles. The summed E-state index contributed by atoms with van der Waals surface area (Å²) in [6.07, 6.45) is 4.33. The van der Waals surface area contributed by atoms with Crippen LogP contribution in [0.5, 0.6) is 5.75 Å². The third kappa shape index (κ3) is 3.77. The third-order valence-electron chi connectivity index (χ3n) is 6.25. The lowest BCUT2D eigenvalue weighted by Crippen LogP contribution is -2.62. The van der Waals surface area contributed by atoms with Crippen LogP contribution in [-0.2, 0) is 0 Å². The molecule has 2 fully saturated rings. The molecule has 7 nitrogen and oxygen atoms in total. The van der Waals surface area contributed by atoms with Crippen LogP contribution in [0.15, 0.2) is 41.9 Å². The van der Waals surface area contributed by atoms with Crippen molar-refractivity contribution in [1.82, 2.24) is 20.4 Å². The molecule has 3 heterocycles. The van der Waals surface area contributed by atoms with Gasteiger partial charge < -0.3 is 32.1 Å². The number of phenols is 1. The summed E-state index contributed by atoms with van der Waals surface area (Å²) >= 11 is 0. The Balaban J connectivity index is 1.51. The number of para-hydroxylation sites is 1. The molecule has 0 aliphatic carbocycles. The third-order valence-corrected chi connectivity index (χ3v) is 6.25. The van der Waals surface area contributed by atoms with Crippen molar-refractivity contribution in [2.45, 2.75) is 37.9 Å². The number of phenolic OH excluding ortho intramolecular Hbond substituents is 1. The van der Waals surface area contributed by atoms with Gasteiger partial charge in [-0.3, -0.25) is 4.90 Å².